The van der Waals surface area contributed by atoms with Crippen LogP contribution in [0.1, 0.15) is 23.2 Å². The Labute approximate surface area is 138 Å². The average Bonchev–Trinajstić information content (AvgIpc) is 2.62. The number of piperazine rings is 1. The number of benzene rings is 1. The molecule has 4 heteroatoms. The molecule has 2 aliphatic rings. The van der Waals surface area contributed by atoms with Gasteiger partial charge in [0.25, 0.3) is 0 Å². The summed E-state index contributed by atoms with van der Waals surface area (Å²) in [6.07, 6.45) is 3.73. The first-order valence-electron chi connectivity index (χ1n) is 8.66. The summed E-state index contributed by atoms with van der Waals surface area (Å²) >= 11 is 0. The summed E-state index contributed by atoms with van der Waals surface area (Å²) in [5.74, 6) is 1.02. The minimum Gasteiger partial charge on any atom is -0.353 e. The van der Waals surface area contributed by atoms with Gasteiger partial charge in [-0.25, -0.2) is 0 Å². The van der Waals surface area contributed by atoms with Gasteiger partial charge in [0.15, 0.2) is 5.82 Å². The molecule has 0 spiro atoms. The molecule has 120 valence electrons. The lowest BCUT2D eigenvalue weighted by atomic mass is 9.87. The van der Waals surface area contributed by atoms with E-state index in [1.165, 1.54) is 19.3 Å². The van der Waals surface area contributed by atoms with Crippen molar-refractivity contribution >= 4 is 5.82 Å². The first-order chi connectivity index (χ1) is 11.3. The lowest BCUT2D eigenvalue weighted by Crippen LogP contribution is -2.52. The fourth-order valence-corrected chi connectivity index (χ4v) is 3.87. The van der Waals surface area contributed by atoms with Gasteiger partial charge in [0.05, 0.1) is 5.69 Å². The van der Waals surface area contributed by atoms with Crippen molar-refractivity contribution in [3.05, 3.63) is 53.2 Å². The maximum absolute atomic E-state index is 4.33. The van der Waals surface area contributed by atoms with Gasteiger partial charge in [-0.15, -0.1) is 5.10 Å². The maximum Gasteiger partial charge on any atom is 0.151 e. The number of aryl methyl sites for hydroxylation is 2. The molecule has 4 rings (SSSR count). The third-order valence-electron chi connectivity index (χ3n) is 5.26. The third kappa shape index (κ3) is 3.08. The molecule has 0 bridgehead atoms. The lowest BCUT2D eigenvalue weighted by molar-refractivity contribution is 0.169. The van der Waals surface area contributed by atoms with E-state index in [1.54, 1.807) is 11.1 Å². The van der Waals surface area contributed by atoms with E-state index in [9.17, 15) is 0 Å². The van der Waals surface area contributed by atoms with E-state index in [0.717, 1.165) is 37.7 Å². The molecule has 0 radical (unpaired) electrons. The molecule has 2 heterocycles. The van der Waals surface area contributed by atoms with Crippen molar-refractivity contribution in [2.75, 3.05) is 31.1 Å². The van der Waals surface area contributed by atoms with Crippen LogP contribution < -0.4 is 4.90 Å². The summed E-state index contributed by atoms with van der Waals surface area (Å²) in [6, 6.07) is 13.8. The van der Waals surface area contributed by atoms with Crippen molar-refractivity contribution in [2.45, 2.75) is 32.2 Å². The quantitative estimate of drug-likeness (QED) is 0.853. The van der Waals surface area contributed by atoms with Crippen molar-refractivity contribution in [1.82, 2.24) is 15.1 Å². The first-order valence-corrected chi connectivity index (χ1v) is 8.66. The van der Waals surface area contributed by atoms with Gasteiger partial charge in [0.1, 0.15) is 0 Å². The highest BCUT2D eigenvalue weighted by molar-refractivity contribution is 5.38. The second kappa shape index (κ2) is 6.28. The maximum atomic E-state index is 4.33. The highest BCUT2D eigenvalue weighted by Crippen LogP contribution is 2.25. The zero-order chi connectivity index (χ0) is 15.6. The summed E-state index contributed by atoms with van der Waals surface area (Å²) in [7, 11) is 0. The van der Waals surface area contributed by atoms with Gasteiger partial charge >= 0.3 is 0 Å². The van der Waals surface area contributed by atoms with Crippen LogP contribution in [0.4, 0.5) is 5.82 Å². The van der Waals surface area contributed by atoms with E-state index in [0.29, 0.717) is 6.04 Å². The summed E-state index contributed by atoms with van der Waals surface area (Å²) in [5.41, 5.74) is 4.08. The first kappa shape index (κ1) is 14.6. The molecule has 1 saturated heterocycles. The Morgan fingerprint density at radius 1 is 0.913 bits per heavy atom. The fourth-order valence-electron chi connectivity index (χ4n) is 3.87. The molecule has 1 aromatic heterocycles. The predicted molar refractivity (Wildman–Crippen MR) is 92.8 cm³/mol. The summed E-state index contributed by atoms with van der Waals surface area (Å²) < 4.78 is 0. The molecule has 0 unspecified atom stereocenters. The summed E-state index contributed by atoms with van der Waals surface area (Å²) in [4.78, 5) is 5.04. The average molecular weight is 308 g/mol. The van der Waals surface area contributed by atoms with Crippen molar-refractivity contribution in [3.8, 4) is 0 Å². The Morgan fingerprint density at radius 3 is 2.43 bits per heavy atom. The molecule has 1 aliphatic heterocycles. The predicted octanol–water partition coefficient (Wildman–Crippen LogP) is 2.46. The van der Waals surface area contributed by atoms with Crippen LogP contribution in [0.3, 0.4) is 0 Å². The highest BCUT2D eigenvalue weighted by Gasteiger charge is 2.27. The normalized spacial score (nSPS) is 22.0. The van der Waals surface area contributed by atoms with Crippen molar-refractivity contribution < 1.29 is 0 Å². The van der Waals surface area contributed by atoms with Gasteiger partial charge in [-0.05, 0) is 49.4 Å². The topological polar surface area (TPSA) is 32.3 Å². The number of hydrogen-bond acceptors (Lipinski definition) is 4. The second-order valence-electron chi connectivity index (χ2n) is 6.72. The molecule has 4 nitrogen and oxygen atoms in total. The largest absolute Gasteiger partial charge is 0.353 e. The van der Waals surface area contributed by atoms with Gasteiger partial charge < -0.3 is 4.90 Å². The highest BCUT2D eigenvalue weighted by atomic mass is 15.3. The van der Waals surface area contributed by atoms with Gasteiger partial charge in [0, 0.05) is 32.2 Å². The molecule has 2 aromatic rings. The number of nitrogens with zero attached hydrogens (tertiary/aromatic N) is 4. The number of anilines is 1. The second-order valence-corrected chi connectivity index (χ2v) is 6.72. The Balaban J connectivity index is 1.38. The Morgan fingerprint density at radius 2 is 1.70 bits per heavy atom. The van der Waals surface area contributed by atoms with Gasteiger partial charge in [0.2, 0.25) is 0 Å². The number of aromatic nitrogens is 2. The Hall–Kier alpha value is -1.94. The van der Waals surface area contributed by atoms with Crippen LogP contribution in [-0.2, 0) is 12.8 Å². The van der Waals surface area contributed by atoms with E-state index in [4.69, 9.17) is 0 Å². The molecule has 0 N–H and O–H groups in total. The minimum atomic E-state index is 0.705. The zero-order valence-electron chi connectivity index (χ0n) is 13.8. The van der Waals surface area contributed by atoms with E-state index in [2.05, 4.69) is 50.3 Å². The van der Waals surface area contributed by atoms with Crippen LogP contribution in [-0.4, -0.2) is 47.3 Å². The van der Waals surface area contributed by atoms with Gasteiger partial charge in [-0.2, -0.15) is 5.10 Å². The van der Waals surface area contributed by atoms with E-state index >= 15 is 0 Å². The molecule has 23 heavy (non-hydrogen) atoms. The Bertz CT molecular complexity index is 659. The van der Waals surface area contributed by atoms with Crippen molar-refractivity contribution in [3.63, 3.8) is 0 Å². The number of fused-ring (bicyclic) bond motifs is 1. The number of hydrogen-bond donors (Lipinski definition) is 0. The smallest absolute Gasteiger partial charge is 0.151 e. The summed E-state index contributed by atoms with van der Waals surface area (Å²) in [5, 5.41) is 8.51. The van der Waals surface area contributed by atoms with Gasteiger partial charge in [-0.1, -0.05) is 24.3 Å². The standard InChI is InChI=1S/C19H24N4/c1-15-6-9-19(21-20-15)23-12-10-22(11-13-23)18-8-7-16-4-2-3-5-17(16)14-18/h2-6,9,18H,7-8,10-14H2,1H3/t18-/m0/s1. The molecule has 0 amide bonds. The minimum absolute atomic E-state index is 0.705. The molecular weight excluding hydrogens is 284 g/mol. The van der Waals surface area contributed by atoms with Crippen molar-refractivity contribution in [1.29, 1.82) is 0 Å². The Kier molecular flexibility index (Phi) is 4.00. The lowest BCUT2D eigenvalue weighted by Gasteiger charge is -2.41. The van der Waals surface area contributed by atoms with Crippen LogP contribution in [0.2, 0.25) is 0 Å². The zero-order valence-corrected chi connectivity index (χ0v) is 13.8. The van der Waals surface area contributed by atoms with Crippen LogP contribution in [0, 0.1) is 6.92 Å². The molecule has 1 aromatic carbocycles. The van der Waals surface area contributed by atoms with Crippen LogP contribution in [0.25, 0.3) is 0 Å². The fraction of sp³-hybridized carbons (Fsp3) is 0.474. The van der Waals surface area contributed by atoms with Crippen LogP contribution in [0.15, 0.2) is 36.4 Å². The van der Waals surface area contributed by atoms with E-state index < -0.39 is 0 Å². The van der Waals surface area contributed by atoms with Crippen LogP contribution >= 0.6 is 0 Å². The monoisotopic (exact) mass is 308 g/mol. The molecular formula is C19H24N4. The SMILES string of the molecule is Cc1ccc(N2CCN([C@H]3CCc4ccccc4C3)CC2)nn1. The summed E-state index contributed by atoms with van der Waals surface area (Å²) in [6.45, 7) is 6.34. The van der Waals surface area contributed by atoms with Crippen molar-refractivity contribution in [2.24, 2.45) is 0 Å². The number of rotatable bonds is 2. The molecule has 1 aliphatic carbocycles. The molecule has 1 atom stereocenters. The third-order valence-corrected chi connectivity index (χ3v) is 5.26. The van der Waals surface area contributed by atoms with E-state index in [-0.39, 0.29) is 0 Å². The van der Waals surface area contributed by atoms with Crippen LogP contribution in [0.5, 0.6) is 0 Å². The van der Waals surface area contributed by atoms with E-state index in [1.807, 2.05) is 13.0 Å². The molecule has 0 saturated carbocycles. The molecule has 1 fully saturated rings. The van der Waals surface area contributed by atoms with Gasteiger partial charge in [-0.3, -0.25) is 4.90 Å².